The number of benzene rings is 1. The monoisotopic (exact) mass is 369 g/mol. The summed E-state index contributed by atoms with van der Waals surface area (Å²) in [4.78, 5) is 31.9. The van der Waals surface area contributed by atoms with Crippen LogP contribution in [-0.4, -0.2) is 48.4 Å². The van der Waals surface area contributed by atoms with Crippen molar-refractivity contribution in [2.24, 2.45) is 0 Å². The Balaban J connectivity index is 1.76. The molecule has 1 aliphatic heterocycles. The minimum atomic E-state index is -0.399. The van der Waals surface area contributed by atoms with E-state index in [1.165, 1.54) is 21.1 Å². The number of likely N-dealkylation sites (tertiary alicyclic amines) is 1. The first-order chi connectivity index (χ1) is 12.5. The van der Waals surface area contributed by atoms with Crippen LogP contribution in [0.3, 0.4) is 0 Å². The van der Waals surface area contributed by atoms with Crippen LogP contribution in [0.25, 0.3) is 11.3 Å². The summed E-state index contributed by atoms with van der Waals surface area (Å²) < 4.78 is 0. The standard InChI is InChI=1S/C18H19N5O2S/c1-20-16(24)13-7-5-12(6-8-13)14-10-26-18(21-14)22(2)17(25)15-4-3-9-23(15)11-19/h5-8,10,15H,3-4,9H2,1-2H3,(H,20,24). The van der Waals surface area contributed by atoms with E-state index >= 15 is 0 Å². The first-order valence-corrected chi connectivity index (χ1v) is 9.15. The fraction of sp³-hybridized carbons (Fsp3) is 0.333. The summed E-state index contributed by atoms with van der Waals surface area (Å²) in [7, 11) is 3.28. The molecule has 2 aromatic rings. The quantitative estimate of drug-likeness (QED) is 0.834. The van der Waals surface area contributed by atoms with Gasteiger partial charge >= 0.3 is 0 Å². The van der Waals surface area contributed by atoms with Gasteiger partial charge in [0.15, 0.2) is 11.3 Å². The zero-order valence-corrected chi connectivity index (χ0v) is 15.4. The molecule has 1 N–H and O–H groups in total. The van der Waals surface area contributed by atoms with Crippen molar-refractivity contribution in [3.05, 3.63) is 35.2 Å². The van der Waals surface area contributed by atoms with Gasteiger partial charge in [-0.05, 0) is 25.0 Å². The number of aromatic nitrogens is 1. The number of nitrogens with zero attached hydrogens (tertiary/aromatic N) is 4. The topological polar surface area (TPSA) is 89.3 Å². The molecule has 1 fully saturated rings. The van der Waals surface area contributed by atoms with Crippen LogP contribution in [0.5, 0.6) is 0 Å². The predicted octanol–water partition coefficient (Wildman–Crippen LogP) is 2.08. The predicted molar refractivity (Wildman–Crippen MR) is 99.7 cm³/mol. The van der Waals surface area contributed by atoms with E-state index in [4.69, 9.17) is 5.26 Å². The highest BCUT2D eigenvalue weighted by Crippen LogP contribution is 2.29. The number of nitrogens with one attached hydrogen (secondary N) is 1. The highest BCUT2D eigenvalue weighted by atomic mass is 32.1. The third kappa shape index (κ3) is 3.39. The minimum Gasteiger partial charge on any atom is -0.355 e. The molecule has 1 aromatic heterocycles. The van der Waals surface area contributed by atoms with Crippen LogP contribution in [0.15, 0.2) is 29.6 Å². The SMILES string of the molecule is CNC(=O)c1ccc(-c2csc(N(C)C(=O)C3CCCN3C#N)n2)cc1. The first-order valence-electron chi connectivity index (χ1n) is 8.27. The van der Waals surface area contributed by atoms with E-state index in [0.717, 1.165) is 17.7 Å². The van der Waals surface area contributed by atoms with Crippen molar-refractivity contribution in [1.82, 2.24) is 15.2 Å². The summed E-state index contributed by atoms with van der Waals surface area (Å²) >= 11 is 1.38. The number of amides is 2. The molecule has 1 atom stereocenters. The second-order valence-corrected chi connectivity index (χ2v) is 6.86. The molecule has 7 nitrogen and oxygen atoms in total. The van der Waals surface area contributed by atoms with Crippen LogP contribution in [0.2, 0.25) is 0 Å². The van der Waals surface area contributed by atoms with Gasteiger partial charge in [-0.15, -0.1) is 11.3 Å². The zero-order valence-electron chi connectivity index (χ0n) is 14.6. The zero-order chi connectivity index (χ0) is 18.7. The van der Waals surface area contributed by atoms with Gasteiger partial charge in [-0.3, -0.25) is 19.4 Å². The Morgan fingerprint density at radius 2 is 2.12 bits per heavy atom. The summed E-state index contributed by atoms with van der Waals surface area (Å²) in [6.07, 6.45) is 3.62. The number of carbonyl (C=O) groups is 2. The van der Waals surface area contributed by atoms with E-state index in [1.54, 1.807) is 26.2 Å². The van der Waals surface area contributed by atoms with Crippen LogP contribution < -0.4 is 10.2 Å². The van der Waals surface area contributed by atoms with Gasteiger partial charge in [-0.25, -0.2) is 4.98 Å². The molecule has 0 aliphatic carbocycles. The van der Waals surface area contributed by atoms with Gasteiger partial charge in [-0.2, -0.15) is 5.26 Å². The molecule has 2 heterocycles. The lowest BCUT2D eigenvalue weighted by Crippen LogP contribution is -2.42. The molecule has 134 valence electrons. The molecule has 0 saturated carbocycles. The molecular formula is C18H19N5O2S. The Labute approximate surface area is 155 Å². The van der Waals surface area contributed by atoms with Crippen LogP contribution in [-0.2, 0) is 4.79 Å². The third-order valence-electron chi connectivity index (χ3n) is 4.45. The molecule has 0 spiro atoms. The van der Waals surface area contributed by atoms with Crippen molar-refractivity contribution in [2.75, 3.05) is 25.5 Å². The van der Waals surface area contributed by atoms with Crippen LogP contribution in [0.4, 0.5) is 5.13 Å². The van der Waals surface area contributed by atoms with Gasteiger partial charge in [0.2, 0.25) is 0 Å². The van der Waals surface area contributed by atoms with E-state index in [1.807, 2.05) is 17.5 Å². The highest BCUT2D eigenvalue weighted by molar-refractivity contribution is 7.14. The highest BCUT2D eigenvalue weighted by Gasteiger charge is 2.33. The lowest BCUT2D eigenvalue weighted by atomic mass is 10.1. The average Bonchev–Trinajstić information content (AvgIpc) is 3.35. The molecule has 1 unspecified atom stereocenters. The fourth-order valence-corrected chi connectivity index (χ4v) is 3.75. The van der Waals surface area contributed by atoms with E-state index in [2.05, 4.69) is 16.5 Å². The van der Waals surface area contributed by atoms with Crippen LogP contribution in [0.1, 0.15) is 23.2 Å². The van der Waals surface area contributed by atoms with Crippen molar-refractivity contribution < 1.29 is 9.59 Å². The van der Waals surface area contributed by atoms with Crippen molar-refractivity contribution in [3.8, 4) is 17.5 Å². The second-order valence-electron chi connectivity index (χ2n) is 6.02. The molecule has 1 saturated heterocycles. The number of hydrogen-bond donors (Lipinski definition) is 1. The maximum Gasteiger partial charge on any atom is 0.251 e. The summed E-state index contributed by atoms with van der Waals surface area (Å²) in [5.74, 6) is -0.251. The maximum atomic E-state index is 12.7. The summed E-state index contributed by atoms with van der Waals surface area (Å²) in [5.41, 5.74) is 2.20. The lowest BCUT2D eigenvalue weighted by Gasteiger charge is -2.22. The molecule has 1 aliphatic rings. The number of hydrogen-bond acceptors (Lipinski definition) is 6. The van der Waals surface area contributed by atoms with Crippen molar-refractivity contribution in [1.29, 1.82) is 5.26 Å². The van der Waals surface area contributed by atoms with Crippen LogP contribution in [0, 0.1) is 11.5 Å². The van der Waals surface area contributed by atoms with Crippen molar-refractivity contribution in [3.63, 3.8) is 0 Å². The molecule has 2 amide bonds. The van der Waals surface area contributed by atoms with Gasteiger partial charge < -0.3 is 5.32 Å². The summed E-state index contributed by atoms with van der Waals surface area (Å²) in [5, 5.41) is 14.2. The maximum absolute atomic E-state index is 12.7. The number of carbonyl (C=O) groups excluding carboxylic acids is 2. The molecule has 8 heteroatoms. The molecule has 1 aromatic carbocycles. The molecule has 0 bridgehead atoms. The second kappa shape index (κ2) is 7.54. The number of likely N-dealkylation sites (N-methyl/N-ethyl adjacent to an activating group) is 1. The van der Waals surface area contributed by atoms with E-state index in [0.29, 0.717) is 23.7 Å². The number of thiazole rings is 1. The van der Waals surface area contributed by atoms with Gasteiger partial charge in [0, 0.05) is 37.1 Å². The normalized spacial score (nSPS) is 16.2. The average molecular weight is 369 g/mol. The molecule has 26 heavy (non-hydrogen) atoms. The Hall–Kier alpha value is -2.92. The Morgan fingerprint density at radius 3 is 2.77 bits per heavy atom. The summed E-state index contributed by atoms with van der Waals surface area (Å²) in [6, 6.07) is 6.75. The lowest BCUT2D eigenvalue weighted by molar-refractivity contribution is -0.121. The molecule has 3 rings (SSSR count). The van der Waals surface area contributed by atoms with Gasteiger partial charge in [0.05, 0.1) is 5.69 Å². The smallest absolute Gasteiger partial charge is 0.251 e. The Kier molecular flexibility index (Phi) is 5.19. The number of rotatable bonds is 4. The summed E-state index contributed by atoms with van der Waals surface area (Å²) in [6.45, 7) is 0.627. The van der Waals surface area contributed by atoms with Gasteiger partial charge in [-0.1, -0.05) is 12.1 Å². The van der Waals surface area contributed by atoms with Gasteiger partial charge in [0.25, 0.3) is 11.8 Å². The number of anilines is 1. The largest absolute Gasteiger partial charge is 0.355 e. The number of nitriles is 1. The Bertz CT molecular complexity index is 855. The van der Waals surface area contributed by atoms with Crippen molar-refractivity contribution >= 4 is 28.3 Å². The minimum absolute atomic E-state index is 0.111. The van der Waals surface area contributed by atoms with Crippen LogP contribution >= 0.6 is 11.3 Å². The van der Waals surface area contributed by atoms with E-state index in [9.17, 15) is 9.59 Å². The first kappa shape index (κ1) is 17.9. The molecule has 0 radical (unpaired) electrons. The fourth-order valence-electron chi connectivity index (χ4n) is 2.95. The third-order valence-corrected chi connectivity index (χ3v) is 5.36. The van der Waals surface area contributed by atoms with Crippen molar-refractivity contribution in [2.45, 2.75) is 18.9 Å². The molecular weight excluding hydrogens is 350 g/mol. The Morgan fingerprint density at radius 1 is 1.38 bits per heavy atom. The van der Waals surface area contributed by atoms with E-state index in [-0.39, 0.29) is 11.8 Å². The van der Waals surface area contributed by atoms with Gasteiger partial charge in [0.1, 0.15) is 6.04 Å². The van der Waals surface area contributed by atoms with E-state index < -0.39 is 6.04 Å².